The number of carbonyl (C=O) groups excluding carboxylic acids is 3. The van der Waals surface area contributed by atoms with E-state index in [-0.39, 0.29) is 24.4 Å². The smallest absolute Gasteiger partial charge is 0.270 e. The second-order valence-corrected chi connectivity index (χ2v) is 4.42. The van der Waals surface area contributed by atoms with Crippen molar-refractivity contribution in [2.24, 2.45) is 0 Å². The second kappa shape index (κ2) is 5.48. The van der Waals surface area contributed by atoms with Crippen molar-refractivity contribution in [1.29, 1.82) is 5.26 Å². The summed E-state index contributed by atoms with van der Waals surface area (Å²) in [6.07, 6.45) is 0.460. The Morgan fingerprint density at radius 2 is 2.25 bits per heavy atom. The highest BCUT2D eigenvalue weighted by atomic mass is 16.2. The highest BCUT2D eigenvalue weighted by molar-refractivity contribution is 6.03. The Kier molecular flexibility index (Phi) is 3.75. The third-order valence-electron chi connectivity index (χ3n) is 2.98. The summed E-state index contributed by atoms with van der Waals surface area (Å²) in [7, 11) is 0. The summed E-state index contributed by atoms with van der Waals surface area (Å²) in [6.45, 7) is 1.63. The normalized spacial score (nSPS) is 18.1. The van der Waals surface area contributed by atoms with Gasteiger partial charge in [0.1, 0.15) is 17.8 Å². The first-order valence-electron chi connectivity index (χ1n) is 6.03. The van der Waals surface area contributed by atoms with E-state index in [1.807, 2.05) is 6.07 Å². The van der Waals surface area contributed by atoms with Crippen LogP contribution in [0, 0.1) is 18.3 Å². The molecule has 0 spiro atoms. The third-order valence-corrected chi connectivity index (χ3v) is 2.98. The predicted octanol–water partition coefficient (Wildman–Crippen LogP) is -0.203. The van der Waals surface area contributed by atoms with Crippen molar-refractivity contribution in [2.45, 2.75) is 25.8 Å². The van der Waals surface area contributed by atoms with E-state index in [9.17, 15) is 14.4 Å². The number of amides is 3. The van der Waals surface area contributed by atoms with E-state index in [2.05, 4.69) is 15.6 Å². The molecule has 0 aliphatic carbocycles. The number of aryl methyl sites for hydroxylation is 1. The molecule has 0 saturated carbocycles. The number of hydrogen-bond donors (Lipinski definition) is 2. The Morgan fingerprint density at radius 1 is 1.50 bits per heavy atom. The average molecular weight is 272 g/mol. The van der Waals surface area contributed by atoms with Crippen LogP contribution < -0.4 is 10.6 Å². The maximum atomic E-state index is 12.0. The van der Waals surface area contributed by atoms with Gasteiger partial charge in [-0.25, -0.2) is 4.98 Å². The third kappa shape index (κ3) is 2.80. The lowest BCUT2D eigenvalue weighted by molar-refractivity contribution is -0.134. The van der Waals surface area contributed by atoms with E-state index in [1.54, 1.807) is 6.92 Å². The molecule has 1 atom stereocenters. The van der Waals surface area contributed by atoms with E-state index < -0.39 is 17.9 Å². The zero-order chi connectivity index (χ0) is 14.7. The van der Waals surface area contributed by atoms with Crippen molar-refractivity contribution in [1.82, 2.24) is 15.6 Å². The zero-order valence-electron chi connectivity index (χ0n) is 10.8. The lowest BCUT2D eigenvalue weighted by Crippen LogP contribution is -2.52. The summed E-state index contributed by atoms with van der Waals surface area (Å²) in [5.74, 6) is -1.36. The van der Waals surface area contributed by atoms with Crippen LogP contribution in [-0.4, -0.2) is 28.7 Å². The highest BCUT2D eigenvalue weighted by Gasteiger charge is 2.28. The van der Waals surface area contributed by atoms with Gasteiger partial charge in [-0.1, -0.05) is 0 Å². The molecule has 20 heavy (non-hydrogen) atoms. The molecule has 1 unspecified atom stereocenters. The quantitative estimate of drug-likeness (QED) is 0.724. The number of pyridine rings is 1. The zero-order valence-corrected chi connectivity index (χ0v) is 10.8. The number of hydrogen-bond acceptors (Lipinski definition) is 5. The van der Waals surface area contributed by atoms with Gasteiger partial charge < -0.3 is 5.32 Å². The summed E-state index contributed by atoms with van der Waals surface area (Å²) in [4.78, 5) is 38.5. The van der Waals surface area contributed by atoms with Gasteiger partial charge in [0.05, 0.1) is 11.3 Å². The molecule has 1 aromatic rings. The molecule has 0 bridgehead atoms. The number of rotatable bonds is 2. The summed E-state index contributed by atoms with van der Waals surface area (Å²) in [6, 6.07) is 4.15. The van der Waals surface area contributed by atoms with Gasteiger partial charge >= 0.3 is 0 Å². The minimum absolute atomic E-state index is 0.131. The number of nitrogens with one attached hydrogen (secondary N) is 2. The Bertz CT molecular complexity index is 633. The molecule has 0 radical (unpaired) electrons. The molecule has 102 valence electrons. The van der Waals surface area contributed by atoms with Crippen LogP contribution in [0.15, 0.2) is 12.1 Å². The van der Waals surface area contributed by atoms with Crippen molar-refractivity contribution in [3.8, 4) is 6.07 Å². The van der Waals surface area contributed by atoms with Gasteiger partial charge in [0.15, 0.2) is 0 Å². The van der Waals surface area contributed by atoms with Crippen molar-refractivity contribution >= 4 is 17.7 Å². The molecule has 1 aromatic heterocycles. The first kappa shape index (κ1) is 13.7. The van der Waals surface area contributed by atoms with Crippen molar-refractivity contribution in [2.75, 3.05) is 0 Å². The van der Waals surface area contributed by atoms with E-state index >= 15 is 0 Å². The fourth-order valence-electron chi connectivity index (χ4n) is 1.87. The molecule has 2 N–H and O–H groups in total. The van der Waals surface area contributed by atoms with Crippen molar-refractivity contribution in [3.05, 3.63) is 29.1 Å². The molecule has 1 aliphatic heterocycles. The Hall–Kier alpha value is -2.75. The van der Waals surface area contributed by atoms with Crippen LogP contribution in [0.1, 0.15) is 34.6 Å². The SMILES string of the molecule is Cc1nc(C(=O)NC2CCC(=O)NC2=O)ccc1C#N. The van der Waals surface area contributed by atoms with Crippen LogP contribution in [0.2, 0.25) is 0 Å². The van der Waals surface area contributed by atoms with E-state index in [1.165, 1.54) is 12.1 Å². The largest absolute Gasteiger partial charge is 0.339 e. The summed E-state index contributed by atoms with van der Waals surface area (Å²) < 4.78 is 0. The monoisotopic (exact) mass is 272 g/mol. The van der Waals surface area contributed by atoms with Crippen LogP contribution in [0.5, 0.6) is 0 Å². The van der Waals surface area contributed by atoms with Crippen molar-refractivity contribution < 1.29 is 14.4 Å². The number of carbonyl (C=O) groups is 3. The molecule has 7 heteroatoms. The van der Waals surface area contributed by atoms with Gasteiger partial charge in [0, 0.05) is 6.42 Å². The van der Waals surface area contributed by atoms with E-state index in [4.69, 9.17) is 5.26 Å². The molecule has 1 aliphatic rings. The Labute approximate surface area is 115 Å². The van der Waals surface area contributed by atoms with Gasteiger partial charge in [0.25, 0.3) is 5.91 Å². The van der Waals surface area contributed by atoms with Gasteiger partial charge in [0.2, 0.25) is 11.8 Å². The van der Waals surface area contributed by atoms with Crippen LogP contribution in [0.4, 0.5) is 0 Å². The fraction of sp³-hybridized carbons (Fsp3) is 0.308. The predicted molar refractivity (Wildman–Crippen MR) is 67.3 cm³/mol. The minimum atomic E-state index is -0.738. The first-order chi connectivity index (χ1) is 9.51. The second-order valence-electron chi connectivity index (χ2n) is 4.42. The van der Waals surface area contributed by atoms with Gasteiger partial charge in [-0.15, -0.1) is 0 Å². The van der Waals surface area contributed by atoms with Crippen LogP contribution >= 0.6 is 0 Å². The molecule has 1 saturated heterocycles. The molecule has 2 heterocycles. The van der Waals surface area contributed by atoms with Gasteiger partial charge in [-0.3, -0.25) is 19.7 Å². The Morgan fingerprint density at radius 3 is 2.85 bits per heavy atom. The minimum Gasteiger partial charge on any atom is -0.339 e. The first-order valence-corrected chi connectivity index (χ1v) is 6.03. The number of aromatic nitrogens is 1. The lowest BCUT2D eigenvalue weighted by atomic mass is 10.1. The highest BCUT2D eigenvalue weighted by Crippen LogP contribution is 2.08. The molecular weight excluding hydrogens is 260 g/mol. The van der Waals surface area contributed by atoms with Crippen molar-refractivity contribution in [3.63, 3.8) is 0 Å². The number of nitriles is 1. The van der Waals surface area contributed by atoms with E-state index in [0.717, 1.165) is 0 Å². The molecule has 3 amide bonds. The van der Waals surface area contributed by atoms with Crippen LogP contribution in [0.3, 0.4) is 0 Å². The fourth-order valence-corrected chi connectivity index (χ4v) is 1.87. The van der Waals surface area contributed by atoms with Gasteiger partial charge in [-0.05, 0) is 25.5 Å². The van der Waals surface area contributed by atoms with Crippen LogP contribution in [-0.2, 0) is 9.59 Å². The summed E-state index contributed by atoms with van der Waals surface area (Å²) in [5.41, 5.74) is 0.970. The average Bonchev–Trinajstić information content (AvgIpc) is 2.41. The molecule has 1 fully saturated rings. The van der Waals surface area contributed by atoms with Crippen LogP contribution in [0.25, 0.3) is 0 Å². The molecule has 2 rings (SSSR count). The maximum absolute atomic E-state index is 12.0. The molecule has 7 nitrogen and oxygen atoms in total. The van der Waals surface area contributed by atoms with E-state index in [0.29, 0.717) is 11.3 Å². The number of imide groups is 1. The van der Waals surface area contributed by atoms with Gasteiger partial charge in [-0.2, -0.15) is 5.26 Å². The molecular formula is C13H12N4O3. The Balaban J connectivity index is 2.09. The standard InChI is InChI=1S/C13H12N4O3/c1-7-8(6-14)2-3-9(15-7)12(19)16-10-4-5-11(18)17-13(10)20/h2-3,10H,4-5H2,1H3,(H,16,19)(H,17,18,20). The topological polar surface area (TPSA) is 112 Å². The maximum Gasteiger partial charge on any atom is 0.270 e. The molecule has 0 aromatic carbocycles. The number of nitrogens with zero attached hydrogens (tertiary/aromatic N) is 2. The summed E-state index contributed by atoms with van der Waals surface area (Å²) in [5, 5.41) is 13.5. The summed E-state index contributed by atoms with van der Waals surface area (Å²) >= 11 is 0. The lowest BCUT2D eigenvalue weighted by Gasteiger charge is -2.21. The number of piperidine rings is 1.